The van der Waals surface area contributed by atoms with Gasteiger partial charge in [0.05, 0.1) is 0 Å². The third-order valence-corrected chi connectivity index (χ3v) is 2.61. The van der Waals surface area contributed by atoms with E-state index < -0.39 is 0 Å². The van der Waals surface area contributed by atoms with E-state index in [2.05, 4.69) is 19.6 Å². The highest BCUT2D eigenvalue weighted by Gasteiger charge is 2.00. The van der Waals surface area contributed by atoms with Crippen molar-refractivity contribution >= 4 is 12.6 Å². The van der Waals surface area contributed by atoms with E-state index in [1.165, 1.54) is 12.8 Å². The van der Waals surface area contributed by atoms with Crippen molar-refractivity contribution in [3.8, 4) is 0 Å². The van der Waals surface area contributed by atoms with Crippen LogP contribution in [0.4, 0.5) is 0 Å². The standard InChI is InChI=1S/C11H17NOS/c1-2-3-4-7-12-8-5-6-10(9-14)11(12)13/h5-6,8,14H,2-4,7,9H2,1H3. The van der Waals surface area contributed by atoms with Crippen molar-refractivity contribution in [2.75, 3.05) is 0 Å². The molecule has 1 aromatic heterocycles. The average molecular weight is 211 g/mol. The Morgan fingerprint density at radius 2 is 2.21 bits per heavy atom. The van der Waals surface area contributed by atoms with Gasteiger partial charge < -0.3 is 4.57 Å². The summed E-state index contributed by atoms with van der Waals surface area (Å²) in [6.07, 6.45) is 5.29. The highest BCUT2D eigenvalue weighted by Crippen LogP contribution is 1.99. The number of hydrogen-bond donors (Lipinski definition) is 1. The number of rotatable bonds is 5. The number of hydrogen-bond acceptors (Lipinski definition) is 2. The Balaban J connectivity index is 2.72. The van der Waals surface area contributed by atoms with Crippen molar-refractivity contribution in [3.63, 3.8) is 0 Å². The molecule has 1 aromatic rings. The van der Waals surface area contributed by atoms with E-state index in [-0.39, 0.29) is 5.56 Å². The minimum absolute atomic E-state index is 0.110. The Hall–Kier alpha value is -0.700. The lowest BCUT2D eigenvalue weighted by molar-refractivity contribution is 0.585. The fraction of sp³-hybridized carbons (Fsp3) is 0.545. The first-order valence-corrected chi connectivity index (χ1v) is 5.72. The zero-order valence-electron chi connectivity index (χ0n) is 8.57. The van der Waals surface area contributed by atoms with Gasteiger partial charge in [0.15, 0.2) is 0 Å². The molecule has 0 N–H and O–H groups in total. The molecule has 78 valence electrons. The molecule has 0 radical (unpaired) electrons. The molecule has 0 unspecified atom stereocenters. The maximum absolute atomic E-state index is 11.7. The molecule has 2 nitrogen and oxygen atoms in total. The van der Waals surface area contributed by atoms with Gasteiger partial charge in [-0.05, 0) is 12.5 Å². The molecule has 0 aliphatic carbocycles. The van der Waals surface area contributed by atoms with Crippen LogP contribution in [0.5, 0.6) is 0 Å². The maximum atomic E-state index is 11.7. The topological polar surface area (TPSA) is 22.0 Å². The summed E-state index contributed by atoms with van der Waals surface area (Å²) in [6, 6.07) is 3.75. The van der Waals surface area contributed by atoms with Gasteiger partial charge in [-0.3, -0.25) is 4.79 Å². The fourth-order valence-electron chi connectivity index (χ4n) is 1.42. The molecular weight excluding hydrogens is 194 g/mol. The van der Waals surface area contributed by atoms with E-state index >= 15 is 0 Å². The summed E-state index contributed by atoms with van der Waals surface area (Å²) >= 11 is 4.12. The van der Waals surface area contributed by atoms with Crippen LogP contribution in [0, 0.1) is 0 Å². The van der Waals surface area contributed by atoms with E-state index in [1.54, 1.807) is 4.57 Å². The molecule has 0 saturated heterocycles. The Morgan fingerprint density at radius 1 is 1.43 bits per heavy atom. The molecule has 0 aliphatic rings. The van der Waals surface area contributed by atoms with Gasteiger partial charge in [0.1, 0.15) is 0 Å². The summed E-state index contributed by atoms with van der Waals surface area (Å²) in [5.41, 5.74) is 0.894. The van der Waals surface area contributed by atoms with Crippen LogP contribution in [0.3, 0.4) is 0 Å². The van der Waals surface area contributed by atoms with Gasteiger partial charge in [-0.15, -0.1) is 0 Å². The van der Waals surface area contributed by atoms with Gasteiger partial charge in [-0.25, -0.2) is 0 Å². The van der Waals surface area contributed by atoms with Crippen LogP contribution in [0.15, 0.2) is 23.1 Å². The molecule has 3 heteroatoms. The van der Waals surface area contributed by atoms with Gasteiger partial charge in [0, 0.05) is 24.1 Å². The van der Waals surface area contributed by atoms with Gasteiger partial charge in [0.2, 0.25) is 0 Å². The Labute approximate surface area is 90.4 Å². The molecule has 1 rings (SSSR count). The molecule has 0 amide bonds. The molecule has 0 saturated carbocycles. The normalized spacial score (nSPS) is 10.4. The first kappa shape index (κ1) is 11.4. The van der Waals surface area contributed by atoms with Crippen LogP contribution in [0.2, 0.25) is 0 Å². The minimum atomic E-state index is 0.110. The molecule has 0 bridgehead atoms. The molecule has 14 heavy (non-hydrogen) atoms. The second kappa shape index (κ2) is 5.91. The van der Waals surface area contributed by atoms with E-state index in [9.17, 15) is 4.79 Å². The second-order valence-electron chi connectivity index (χ2n) is 3.40. The second-order valence-corrected chi connectivity index (χ2v) is 3.71. The summed E-state index contributed by atoms with van der Waals surface area (Å²) in [6.45, 7) is 2.99. The zero-order valence-corrected chi connectivity index (χ0v) is 9.46. The lowest BCUT2D eigenvalue weighted by Crippen LogP contribution is -2.22. The van der Waals surface area contributed by atoms with Crippen LogP contribution in [0.1, 0.15) is 31.7 Å². The van der Waals surface area contributed by atoms with Crippen LogP contribution < -0.4 is 5.56 Å². The van der Waals surface area contributed by atoms with Crippen molar-refractivity contribution in [3.05, 3.63) is 34.2 Å². The van der Waals surface area contributed by atoms with Crippen LogP contribution in [0.25, 0.3) is 0 Å². The summed E-state index contributed by atoms with van der Waals surface area (Å²) in [5.74, 6) is 0.521. The minimum Gasteiger partial charge on any atom is -0.315 e. The molecule has 0 atom stereocenters. The smallest absolute Gasteiger partial charge is 0.254 e. The fourth-order valence-corrected chi connectivity index (χ4v) is 1.66. The predicted molar refractivity (Wildman–Crippen MR) is 62.9 cm³/mol. The van der Waals surface area contributed by atoms with Crippen LogP contribution in [-0.4, -0.2) is 4.57 Å². The maximum Gasteiger partial charge on any atom is 0.254 e. The monoisotopic (exact) mass is 211 g/mol. The summed E-state index contributed by atoms with van der Waals surface area (Å²) in [4.78, 5) is 11.7. The molecule has 0 aliphatic heterocycles. The number of pyridine rings is 1. The quantitative estimate of drug-likeness (QED) is 0.586. The third-order valence-electron chi connectivity index (χ3n) is 2.27. The molecule has 0 aromatic carbocycles. The SMILES string of the molecule is CCCCCn1cccc(CS)c1=O. The van der Waals surface area contributed by atoms with Crippen molar-refractivity contribution in [2.24, 2.45) is 0 Å². The zero-order chi connectivity index (χ0) is 10.4. The number of unbranched alkanes of at least 4 members (excludes halogenated alkanes) is 2. The van der Waals surface area contributed by atoms with Gasteiger partial charge in [-0.2, -0.15) is 12.6 Å². The van der Waals surface area contributed by atoms with Crippen LogP contribution in [-0.2, 0) is 12.3 Å². The lowest BCUT2D eigenvalue weighted by atomic mass is 10.2. The van der Waals surface area contributed by atoms with Gasteiger partial charge in [0.25, 0.3) is 5.56 Å². The van der Waals surface area contributed by atoms with E-state index in [1.807, 2.05) is 18.3 Å². The first-order valence-electron chi connectivity index (χ1n) is 5.08. The Bertz CT molecular complexity index is 332. The number of nitrogens with zero attached hydrogens (tertiary/aromatic N) is 1. The largest absolute Gasteiger partial charge is 0.315 e. The summed E-state index contributed by atoms with van der Waals surface area (Å²) < 4.78 is 1.78. The lowest BCUT2D eigenvalue weighted by Gasteiger charge is -2.05. The molecule has 1 heterocycles. The Kier molecular flexibility index (Phi) is 4.80. The average Bonchev–Trinajstić information content (AvgIpc) is 2.21. The molecule has 0 spiro atoms. The summed E-state index contributed by atoms with van der Waals surface area (Å²) in [5, 5.41) is 0. The number of aromatic nitrogens is 1. The highest BCUT2D eigenvalue weighted by atomic mass is 32.1. The van der Waals surface area contributed by atoms with E-state index in [4.69, 9.17) is 0 Å². The van der Waals surface area contributed by atoms with Crippen LogP contribution >= 0.6 is 12.6 Å². The third kappa shape index (κ3) is 2.91. The predicted octanol–water partition coefficient (Wildman–Crippen LogP) is 2.47. The van der Waals surface area contributed by atoms with Crippen molar-refractivity contribution in [1.82, 2.24) is 4.57 Å². The van der Waals surface area contributed by atoms with Crippen molar-refractivity contribution < 1.29 is 0 Å². The number of thiol groups is 1. The summed E-state index contributed by atoms with van der Waals surface area (Å²) in [7, 11) is 0. The molecule has 0 fully saturated rings. The molecular formula is C11H17NOS. The van der Waals surface area contributed by atoms with E-state index in [0.29, 0.717) is 5.75 Å². The van der Waals surface area contributed by atoms with Gasteiger partial charge >= 0.3 is 0 Å². The van der Waals surface area contributed by atoms with Gasteiger partial charge in [-0.1, -0.05) is 25.8 Å². The van der Waals surface area contributed by atoms with E-state index in [0.717, 1.165) is 18.5 Å². The van der Waals surface area contributed by atoms with Crippen molar-refractivity contribution in [2.45, 2.75) is 38.5 Å². The Morgan fingerprint density at radius 3 is 2.86 bits per heavy atom. The van der Waals surface area contributed by atoms with Crippen molar-refractivity contribution in [1.29, 1.82) is 0 Å². The first-order chi connectivity index (χ1) is 6.79. The highest BCUT2D eigenvalue weighted by molar-refractivity contribution is 7.79. The number of aryl methyl sites for hydroxylation is 1.